The lowest BCUT2D eigenvalue weighted by atomic mass is 10.1. The number of aliphatic carboxylic acids is 1. The Balaban J connectivity index is 1.91. The minimum absolute atomic E-state index is 0.00576. The first-order valence-corrected chi connectivity index (χ1v) is 9.36. The molecule has 0 radical (unpaired) electrons. The molecule has 0 aliphatic carbocycles. The van der Waals surface area contributed by atoms with Crippen molar-refractivity contribution in [3.8, 4) is 0 Å². The van der Waals surface area contributed by atoms with Crippen molar-refractivity contribution >= 4 is 45.3 Å². The van der Waals surface area contributed by atoms with Gasteiger partial charge in [0.1, 0.15) is 6.04 Å². The van der Waals surface area contributed by atoms with E-state index < -0.39 is 12.0 Å². The summed E-state index contributed by atoms with van der Waals surface area (Å²) in [6.45, 7) is 0.584. The van der Waals surface area contributed by atoms with Gasteiger partial charge in [0, 0.05) is 21.8 Å². The first-order valence-electron chi connectivity index (χ1n) is 7.14. The van der Waals surface area contributed by atoms with Crippen molar-refractivity contribution in [2.45, 2.75) is 18.0 Å². The van der Waals surface area contributed by atoms with Gasteiger partial charge in [0.25, 0.3) is 0 Å². The molecular formula is C17H15BrClNO2S. The molecule has 2 aromatic rings. The van der Waals surface area contributed by atoms with Gasteiger partial charge in [0.2, 0.25) is 0 Å². The summed E-state index contributed by atoms with van der Waals surface area (Å²) in [6, 6.07) is 15.1. The summed E-state index contributed by atoms with van der Waals surface area (Å²) < 4.78 is 0.994. The highest BCUT2D eigenvalue weighted by Crippen LogP contribution is 2.42. The molecule has 2 atom stereocenters. The van der Waals surface area contributed by atoms with Crippen molar-refractivity contribution in [1.82, 2.24) is 4.90 Å². The van der Waals surface area contributed by atoms with Crippen LogP contribution in [0.4, 0.5) is 0 Å². The highest BCUT2D eigenvalue weighted by atomic mass is 79.9. The molecular weight excluding hydrogens is 398 g/mol. The Kier molecular flexibility index (Phi) is 5.31. The zero-order valence-electron chi connectivity index (χ0n) is 12.2. The summed E-state index contributed by atoms with van der Waals surface area (Å²) in [7, 11) is 0. The number of halogens is 2. The van der Waals surface area contributed by atoms with Crippen molar-refractivity contribution in [2.24, 2.45) is 0 Å². The highest BCUT2D eigenvalue weighted by Gasteiger charge is 2.39. The van der Waals surface area contributed by atoms with E-state index in [0.717, 1.165) is 15.6 Å². The SMILES string of the molecule is O=C(O)C1CSC(c2cccc(Cl)c2)N1Cc1cccc(Br)c1. The van der Waals surface area contributed by atoms with Crippen LogP contribution in [-0.2, 0) is 11.3 Å². The van der Waals surface area contributed by atoms with Gasteiger partial charge in [-0.3, -0.25) is 9.69 Å². The number of benzene rings is 2. The van der Waals surface area contributed by atoms with Gasteiger partial charge in [-0.15, -0.1) is 11.8 Å². The Morgan fingerprint density at radius 1 is 1.30 bits per heavy atom. The zero-order valence-corrected chi connectivity index (χ0v) is 15.3. The van der Waals surface area contributed by atoms with Crippen LogP contribution in [0.3, 0.4) is 0 Å². The fraction of sp³-hybridized carbons (Fsp3) is 0.235. The van der Waals surface area contributed by atoms with E-state index >= 15 is 0 Å². The van der Waals surface area contributed by atoms with Crippen LogP contribution in [0.2, 0.25) is 5.02 Å². The molecule has 1 aliphatic rings. The fourth-order valence-electron chi connectivity index (χ4n) is 2.74. The summed E-state index contributed by atoms with van der Waals surface area (Å²) in [4.78, 5) is 13.7. The second kappa shape index (κ2) is 7.26. The van der Waals surface area contributed by atoms with Crippen LogP contribution in [0, 0.1) is 0 Å². The predicted molar refractivity (Wildman–Crippen MR) is 97.8 cm³/mol. The molecule has 120 valence electrons. The Bertz CT molecular complexity index is 727. The average molecular weight is 413 g/mol. The number of carboxylic acids is 1. The number of carboxylic acid groups (broad SMARTS) is 1. The molecule has 0 aromatic heterocycles. The quantitative estimate of drug-likeness (QED) is 0.783. The smallest absolute Gasteiger partial charge is 0.321 e. The molecule has 6 heteroatoms. The first-order chi connectivity index (χ1) is 11.0. The second-order valence-electron chi connectivity index (χ2n) is 5.40. The average Bonchev–Trinajstić information content (AvgIpc) is 2.91. The van der Waals surface area contributed by atoms with E-state index in [9.17, 15) is 9.90 Å². The summed E-state index contributed by atoms with van der Waals surface area (Å²) in [5, 5.41) is 10.2. The van der Waals surface area contributed by atoms with E-state index in [1.807, 2.05) is 53.4 Å². The molecule has 0 amide bonds. The number of carbonyl (C=O) groups is 1. The molecule has 1 saturated heterocycles. The molecule has 1 aliphatic heterocycles. The van der Waals surface area contributed by atoms with E-state index in [1.54, 1.807) is 11.8 Å². The van der Waals surface area contributed by atoms with E-state index in [-0.39, 0.29) is 5.37 Å². The maximum Gasteiger partial charge on any atom is 0.321 e. The molecule has 1 heterocycles. The fourth-order valence-corrected chi connectivity index (χ4v) is 4.83. The molecule has 2 unspecified atom stereocenters. The van der Waals surface area contributed by atoms with Gasteiger partial charge >= 0.3 is 5.97 Å². The second-order valence-corrected chi connectivity index (χ2v) is 7.86. The number of thioether (sulfide) groups is 1. The number of nitrogens with zero attached hydrogens (tertiary/aromatic N) is 1. The Morgan fingerprint density at radius 2 is 2.09 bits per heavy atom. The van der Waals surface area contributed by atoms with Crippen LogP contribution in [0.1, 0.15) is 16.5 Å². The van der Waals surface area contributed by atoms with Gasteiger partial charge in [0.05, 0.1) is 5.37 Å². The van der Waals surface area contributed by atoms with Gasteiger partial charge in [-0.1, -0.05) is 51.8 Å². The third kappa shape index (κ3) is 3.91. The van der Waals surface area contributed by atoms with Crippen molar-refractivity contribution in [2.75, 3.05) is 5.75 Å². The van der Waals surface area contributed by atoms with E-state index in [4.69, 9.17) is 11.6 Å². The predicted octanol–water partition coefficient (Wildman–Crippen LogP) is 4.80. The molecule has 0 saturated carbocycles. The maximum absolute atomic E-state index is 11.6. The molecule has 2 aromatic carbocycles. The molecule has 23 heavy (non-hydrogen) atoms. The molecule has 0 spiro atoms. The third-order valence-electron chi connectivity index (χ3n) is 3.79. The summed E-state index contributed by atoms with van der Waals surface area (Å²) in [5.74, 6) is -0.211. The third-order valence-corrected chi connectivity index (χ3v) is 5.88. The lowest BCUT2D eigenvalue weighted by Gasteiger charge is -2.27. The van der Waals surface area contributed by atoms with Crippen molar-refractivity contribution < 1.29 is 9.90 Å². The number of hydrogen-bond acceptors (Lipinski definition) is 3. The van der Waals surface area contributed by atoms with Crippen molar-refractivity contribution in [1.29, 1.82) is 0 Å². The lowest BCUT2D eigenvalue weighted by molar-refractivity contribution is -0.142. The van der Waals surface area contributed by atoms with Crippen molar-refractivity contribution in [3.05, 3.63) is 69.2 Å². The summed E-state index contributed by atoms with van der Waals surface area (Å²) in [5.41, 5.74) is 2.13. The summed E-state index contributed by atoms with van der Waals surface area (Å²) in [6.07, 6.45) is 0. The molecule has 1 N–H and O–H groups in total. The lowest BCUT2D eigenvalue weighted by Crippen LogP contribution is -2.38. The van der Waals surface area contributed by atoms with Gasteiger partial charge in [-0.25, -0.2) is 0 Å². The number of rotatable bonds is 4. The van der Waals surface area contributed by atoms with Gasteiger partial charge in [0.15, 0.2) is 0 Å². The minimum atomic E-state index is -0.781. The Hall–Kier alpha value is -1.01. The largest absolute Gasteiger partial charge is 0.480 e. The monoisotopic (exact) mass is 411 g/mol. The van der Waals surface area contributed by atoms with Crippen LogP contribution in [0.5, 0.6) is 0 Å². The van der Waals surface area contributed by atoms with Gasteiger partial charge < -0.3 is 5.11 Å². The standard InChI is InChI=1S/C17H15BrClNO2S/c18-13-5-1-3-11(7-13)9-20-15(17(21)22)10-23-16(20)12-4-2-6-14(19)8-12/h1-8,15-16H,9-10H2,(H,21,22). The van der Waals surface area contributed by atoms with Gasteiger partial charge in [-0.2, -0.15) is 0 Å². The van der Waals surface area contributed by atoms with Crippen LogP contribution in [0.15, 0.2) is 53.0 Å². The normalized spacial score (nSPS) is 21.5. The van der Waals surface area contributed by atoms with Crippen LogP contribution in [0.25, 0.3) is 0 Å². The minimum Gasteiger partial charge on any atom is -0.480 e. The summed E-state index contributed by atoms with van der Waals surface area (Å²) >= 11 is 11.2. The van der Waals surface area contributed by atoms with Crippen LogP contribution < -0.4 is 0 Å². The zero-order chi connectivity index (χ0) is 16.4. The van der Waals surface area contributed by atoms with E-state index in [2.05, 4.69) is 15.9 Å². The maximum atomic E-state index is 11.6. The van der Waals surface area contributed by atoms with Gasteiger partial charge in [-0.05, 0) is 35.4 Å². The molecule has 3 nitrogen and oxygen atoms in total. The Morgan fingerprint density at radius 3 is 2.78 bits per heavy atom. The van der Waals surface area contributed by atoms with E-state index in [0.29, 0.717) is 17.3 Å². The van der Waals surface area contributed by atoms with Crippen LogP contribution >= 0.6 is 39.3 Å². The van der Waals surface area contributed by atoms with E-state index in [1.165, 1.54) is 0 Å². The highest BCUT2D eigenvalue weighted by molar-refractivity contribution is 9.10. The first kappa shape index (κ1) is 16.8. The molecule has 3 rings (SSSR count). The molecule has 0 bridgehead atoms. The van der Waals surface area contributed by atoms with Crippen LogP contribution in [-0.4, -0.2) is 27.8 Å². The topological polar surface area (TPSA) is 40.5 Å². The Labute approximate surface area is 152 Å². The molecule has 1 fully saturated rings. The number of hydrogen-bond donors (Lipinski definition) is 1. The van der Waals surface area contributed by atoms with Crippen molar-refractivity contribution in [3.63, 3.8) is 0 Å².